The Morgan fingerprint density at radius 1 is 1.16 bits per heavy atom. The van der Waals surface area contributed by atoms with Crippen molar-refractivity contribution in [2.45, 2.75) is 33.1 Å². The minimum absolute atomic E-state index is 0.209. The lowest BCUT2D eigenvalue weighted by Crippen LogP contribution is -2.08. The molecule has 0 fully saturated rings. The van der Waals surface area contributed by atoms with Crippen LogP contribution in [0.5, 0.6) is 5.75 Å². The van der Waals surface area contributed by atoms with Gasteiger partial charge in [-0.1, -0.05) is 32.4 Å². The molecule has 3 nitrogen and oxygen atoms in total. The molecule has 0 saturated heterocycles. The Morgan fingerprint density at radius 3 is 2.37 bits per heavy atom. The summed E-state index contributed by atoms with van der Waals surface area (Å²) in [4.78, 5) is 11.9. The van der Waals surface area contributed by atoms with Crippen molar-refractivity contribution in [1.29, 1.82) is 0 Å². The molecule has 0 heterocycles. The maximum atomic E-state index is 11.9. The van der Waals surface area contributed by atoms with Gasteiger partial charge in [0.05, 0.1) is 13.7 Å². The second kappa shape index (κ2) is 8.35. The van der Waals surface area contributed by atoms with Gasteiger partial charge in [-0.15, -0.1) is 0 Å². The highest BCUT2D eigenvalue weighted by Gasteiger charge is 2.09. The van der Waals surface area contributed by atoms with E-state index in [0.29, 0.717) is 6.61 Å². The Bertz CT molecular complexity index is 418. The zero-order valence-electron chi connectivity index (χ0n) is 11.9. The average Bonchev–Trinajstić information content (AvgIpc) is 2.45. The molecule has 0 atom stereocenters. The molecular formula is C16H22O3. The SMILES string of the molecule is CCCOC(=O)C(=Cc1ccc(OC)cc1)CCC. The van der Waals surface area contributed by atoms with Crippen molar-refractivity contribution in [2.75, 3.05) is 13.7 Å². The average molecular weight is 262 g/mol. The largest absolute Gasteiger partial charge is 0.497 e. The third kappa shape index (κ3) is 5.16. The van der Waals surface area contributed by atoms with E-state index in [2.05, 4.69) is 6.92 Å². The van der Waals surface area contributed by atoms with Crippen molar-refractivity contribution in [3.8, 4) is 5.75 Å². The van der Waals surface area contributed by atoms with Crippen LogP contribution in [0, 0.1) is 0 Å². The van der Waals surface area contributed by atoms with Gasteiger partial charge in [0, 0.05) is 5.57 Å². The maximum absolute atomic E-state index is 11.9. The number of methoxy groups -OCH3 is 1. The molecule has 0 radical (unpaired) electrons. The summed E-state index contributed by atoms with van der Waals surface area (Å²) in [6.07, 6.45) is 4.38. The van der Waals surface area contributed by atoms with Crippen molar-refractivity contribution in [3.05, 3.63) is 35.4 Å². The Morgan fingerprint density at radius 2 is 1.84 bits per heavy atom. The smallest absolute Gasteiger partial charge is 0.334 e. The highest BCUT2D eigenvalue weighted by Crippen LogP contribution is 2.17. The summed E-state index contributed by atoms with van der Waals surface area (Å²) in [5, 5.41) is 0. The zero-order valence-corrected chi connectivity index (χ0v) is 11.9. The van der Waals surface area contributed by atoms with Crippen LogP contribution in [0.25, 0.3) is 6.08 Å². The van der Waals surface area contributed by atoms with Crippen LogP contribution >= 0.6 is 0 Å². The molecule has 3 heteroatoms. The second-order valence-corrected chi connectivity index (χ2v) is 4.33. The molecule has 0 aliphatic rings. The zero-order chi connectivity index (χ0) is 14.1. The van der Waals surface area contributed by atoms with Gasteiger partial charge in [-0.2, -0.15) is 0 Å². The van der Waals surface area contributed by atoms with Gasteiger partial charge in [-0.05, 0) is 36.6 Å². The Balaban J connectivity index is 2.83. The molecule has 1 aromatic rings. The fraction of sp³-hybridized carbons (Fsp3) is 0.438. The molecular weight excluding hydrogens is 240 g/mol. The summed E-state index contributed by atoms with van der Waals surface area (Å²) in [5.41, 5.74) is 1.71. The summed E-state index contributed by atoms with van der Waals surface area (Å²) >= 11 is 0. The normalized spacial score (nSPS) is 11.2. The summed E-state index contributed by atoms with van der Waals surface area (Å²) < 4.78 is 10.3. The lowest BCUT2D eigenvalue weighted by Gasteiger charge is -2.07. The van der Waals surface area contributed by atoms with Crippen LogP contribution in [-0.2, 0) is 9.53 Å². The van der Waals surface area contributed by atoms with E-state index in [-0.39, 0.29) is 5.97 Å². The maximum Gasteiger partial charge on any atom is 0.334 e. The van der Waals surface area contributed by atoms with Gasteiger partial charge >= 0.3 is 5.97 Å². The van der Waals surface area contributed by atoms with Gasteiger partial charge in [-0.3, -0.25) is 0 Å². The molecule has 0 unspecified atom stereocenters. The van der Waals surface area contributed by atoms with Crippen LogP contribution in [-0.4, -0.2) is 19.7 Å². The van der Waals surface area contributed by atoms with E-state index < -0.39 is 0 Å². The lowest BCUT2D eigenvalue weighted by atomic mass is 10.1. The molecule has 0 saturated carbocycles. The summed E-state index contributed by atoms with van der Waals surface area (Å²) in [6.45, 7) is 4.51. The predicted molar refractivity (Wildman–Crippen MR) is 77.1 cm³/mol. The van der Waals surface area contributed by atoms with Gasteiger partial charge < -0.3 is 9.47 Å². The van der Waals surface area contributed by atoms with E-state index in [0.717, 1.165) is 36.1 Å². The molecule has 104 valence electrons. The minimum Gasteiger partial charge on any atom is -0.497 e. The topological polar surface area (TPSA) is 35.5 Å². The Hall–Kier alpha value is -1.77. The molecule has 0 aliphatic heterocycles. The van der Waals surface area contributed by atoms with E-state index in [1.807, 2.05) is 37.3 Å². The number of hydrogen-bond donors (Lipinski definition) is 0. The van der Waals surface area contributed by atoms with Crippen LogP contribution in [0.2, 0.25) is 0 Å². The Labute approximate surface area is 115 Å². The first-order chi connectivity index (χ1) is 9.21. The van der Waals surface area contributed by atoms with Crippen LogP contribution < -0.4 is 4.74 Å². The molecule has 0 aromatic heterocycles. The Kier molecular flexibility index (Phi) is 6.72. The van der Waals surface area contributed by atoms with Crippen LogP contribution in [0.4, 0.5) is 0 Å². The second-order valence-electron chi connectivity index (χ2n) is 4.33. The number of ether oxygens (including phenoxy) is 2. The fourth-order valence-electron chi connectivity index (χ4n) is 1.69. The first-order valence-electron chi connectivity index (χ1n) is 6.73. The monoisotopic (exact) mass is 262 g/mol. The van der Waals surface area contributed by atoms with E-state index in [9.17, 15) is 4.79 Å². The van der Waals surface area contributed by atoms with Gasteiger partial charge in [0.2, 0.25) is 0 Å². The molecule has 0 spiro atoms. The number of carbonyl (C=O) groups excluding carboxylic acids is 1. The van der Waals surface area contributed by atoms with Crippen molar-refractivity contribution >= 4 is 12.0 Å². The quantitative estimate of drug-likeness (QED) is 0.553. The lowest BCUT2D eigenvalue weighted by molar-refractivity contribution is -0.139. The summed E-state index contributed by atoms with van der Waals surface area (Å²) in [6, 6.07) is 7.63. The molecule has 1 rings (SSSR count). The van der Waals surface area contributed by atoms with E-state index in [1.54, 1.807) is 7.11 Å². The minimum atomic E-state index is -0.209. The van der Waals surface area contributed by atoms with Crippen molar-refractivity contribution in [1.82, 2.24) is 0 Å². The number of rotatable bonds is 7. The van der Waals surface area contributed by atoms with Crippen molar-refractivity contribution in [2.24, 2.45) is 0 Å². The third-order valence-corrected chi connectivity index (χ3v) is 2.68. The van der Waals surface area contributed by atoms with E-state index in [4.69, 9.17) is 9.47 Å². The van der Waals surface area contributed by atoms with Gasteiger partial charge in [0.1, 0.15) is 5.75 Å². The van der Waals surface area contributed by atoms with Crippen molar-refractivity contribution < 1.29 is 14.3 Å². The van der Waals surface area contributed by atoms with E-state index in [1.165, 1.54) is 0 Å². The highest BCUT2D eigenvalue weighted by molar-refractivity contribution is 5.93. The first-order valence-corrected chi connectivity index (χ1v) is 6.73. The third-order valence-electron chi connectivity index (χ3n) is 2.68. The molecule has 0 N–H and O–H groups in total. The standard InChI is InChI=1S/C16H22O3/c1-4-6-14(16(17)19-11-5-2)12-13-7-9-15(18-3)10-8-13/h7-10,12H,4-6,11H2,1-3H3. The van der Waals surface area contributed by atoms with Gasteiger partial charge in [0.25, 0.3) is 0 Å². The van der Waals surface area contributed by atoms with Crippen LogP contribution in [0.3, 0.4) is 0 Å². The number of benzene rings is 1. The first kappa shape index (κ1) is 15.3. The predicted octanol–water partition coefficient (Wildman–Crippen LogP) is 3.83. The van der Waals surface area contributed by atoms with E-state index >= 15 is 0 Å². The number of hydrogen-bond acceptors (Lipinski definition) is 3. The van der Waals surface area contributed by atoms with Crippen LogP contribution in [0.15, 0.2) is 29.8 Å². The molecule has 0 aliphatic carbocycles. The number of carbonyl (C=O) groups is 1. The molecule has 19 heavy (non-hydrogen) atoms. The highest BCUT2D eigenvalue weighted by atomic mass is 16.5. The van der Waals surface area contributed by atoms with Crippen molar-refractivity contribution in [3.63, 3.8) is 0 Å². The van der Waals surface area contributed by atoms with Crippen LogP contribution in [0.1, 0.15) is 38.7 Å². The summed E-state index contributed by atoms with van der Waals surface area (Å²) in [5.74, 6) is 0.599. The van der Waals surface area contributed by atoms with Gasteiger partial charge in [0.15, 0.2) is 0 Å². The summed E-state index contributed by atoms with van der Waals surface area (Å²) in [7, 11) is 1.63. The molecule has 0 bridgehead atoms. The molecule has 1 aromatic carbocycles. The number of esters is 1. The fourth-order valence-corrected chi connectivity index (χ4v) is 1.69. The van der Waals surface area contributed by atoms with Gasteiger partial charge in [-0.25, -0.2) is 4.79 Å². The molecule has 0 amide bonds.